The van der Waals surface area contributed by atoms with E-state index in [1.807, 2.05) is 18.7 Å². The third kappa shape index (κ3) is 2.17. The second-order valence-corrected chi connectivity index (χ2v) is 5.05. The highest BCUT2D eigenvalue weighted by Crippen LogP contribution is 2.35. The third-order valence-electron chi connectivity index (χ3n) is 3.19. The summed E-state index contributed by atoms with van der Waals surface area (Å²) in [6, 6.07) is 0.282. The van der Waals surface area contributed by atoms with Gasteiger partial charge in [-0.05, 0) is 5.92 Å². The Hall–Kier alpha value is -1.07. The molecule has 0 amide bonds. The lowest BCUT2D eigenvalue weighted by Crippen LogP contribution is -2.65. The first-order valence-electron chi connectivity index (χ1n) is 5.50. The molecule has 94 valence electrons. The standard InChI is InChI=1S/C11H16ClN3O2/c1-7(2)11(16)5-15(6-11)9-8(12)4-13-10(14-9)17-3/h4,7,16H,5-6H2,1-3H3. The van der Waals surface area contributed by atoms with Crippen molar-refractivity contribution >= 4 is 17.4 Å². The summed E-state index contributed by atoms with van der Waals surface area (Å²) in [6.07, 6.45) is 1.51. The van der Waals surface area contributed by atoms with Crippen molar-refractivity contribution in [3.05, 3.63) is 11.2 Å². The van der Waals surface area contributed by atoms with Crippen LogP contribution >= 0.6 is 11.6 Å². The summed E-state index contributed by atoms with van der Waals surface area (Å²) in [5.74, 6) is 0.824. The quantitative estimate of drug-likeness (QED) is 0.886. The fourth-order valence-electron chi connectivity index (χ4n) is 1.79. The molecule has 1 fully saturated rings. The number of hydrogen-bond donors (Lipinski definition) is 1. The molecular formula is C11H16ClN3O2. The molecule has 1 aliphatic heterocycles. The number of anilines is 1. The van der Waals surface area contributed by atoms with Gasteiger partial charge in [-0.3, -0.25) is 0 Å². The van der Waals surface area contributed by atoms with Gasteiger partial charge < -0.3 is 14.7 Å². The molecule has 0 spiro atoms. The highest BCUT2D eigenvalue weighted by Gasteiger charge is 2.44. The Morgan fingerprint density at radius 3 is 2.71 bits per heavy atom. The zero-order chi connectivity index (χ0) is 12.6. The van der Waals surface area contributed by atoms with Gasteiger partial charge in [-0.2, -0.15) is 4.98 Å². The van der Waals surface area contributed by atoms with Gasteiger partial charge in [-0.15, -0.1) is 0 Å². The van der Waals surface area contributed by atoms with Crippen LogP contribution in [0.5, 0.6) is 6.01 Å². The van der Waals surface area contributed by atoms with Gasteiger partial charge in [0.2, 0.25) is 0 Å². The first kappa shape index (κ1) is 12.4. The fraction of sp³-hybridized carbons (Fsp3) is 0.636. The van der Waals surface area contributed by atoms with Crippen molar-refractivity contribution < 1.29 is 9.84 Å². The van der Waals surface area contributed by atoms with E-state index < -0.39 is 5.60 Å². The van der Waals surface area contributed by atoms with Crippen molar-refractivity contribution in [2.75, 3.05) is 25.1 Å². The summed E-state index contributed by atoms with van der Waals surface area (Å²) < 4.78 is 4.96. The summed E-state index contributed by atoms with van der Waals surface area (Å²) in [5, 5.41) is 10.6. The third-order valence-corrected chi connectivity index (χ3v) is 3.46. The number of aromatic nitrogens is 2. The summed E-state index contributed by atoms with van der Waals surface area (Å²) in [7, 11) is 1.51. The highest BCUT2D eigenvalue weighted by atomic mass is 35.5. The van der Waals surface area contributed by atoms with Gasteiger partial charge >= 0.3 is 6.01 Å². The Balaban J connectivity index is 2.16. The van der Waals surface area contributed by atoms with Crippen LogP contribution in [0.4, 0.5) is 5.82 Å². The number of β-amino-alcohol motifs (C(OH)–C–C–N with tert-alkyl or cyclic N) is 1. The number of nitrogens with zero attached hydrogens (tertiary/aromatic N) is 3. The smallest absolute Gasteiger partial charge is 0.318 e. The molecular weight excluding hydrogens is 242 g/mol. The fourth-order valence-corrected chi connectivity index (χ4v) is 2.00. The molecule has 2 rings (SSSR count). The lowest BCUT2D eigenvalue weighted by atomic mass is 9.83. The van der Waals surface area contributed by atoms with Gasteiger partial charge in [0, 0.05) is 0 Å². The molecule has 0 saturated carbocycles. The summed E-state index contributed by atoms with van der Waals surface area (Å²) in [4.78, 5) is 10.0. The van der Waals surface area contributed by atoms with E-state index in [1.165, 1.54) is 13.3 Å². The van der Waals surface area contributed by atoms with Crippen LogP contribution in [0, 0.1) is 5.92 Å². The van der Waals surface area contributed by atoms with E-state index in [2.05, 4.69) is 9.97 Å². The van der Waals surface area contributed by atoms with Gasteiger partial charge in [0.25, 0.3) is 0 Å². The molecule has 0 aliphatic carbocycles. The van der Waals surface area contributed by atoms with E-state index in [9.17, 15) is 5.11 Å². The minimum absolute atomic E-state index is 0.209. The molecule has 1 aromatic heterocycles. The molecule has 0 aromatic carbocycles. The molecule has 1 aromatic rings. The minimum atomic E-state index is -0.651. The Kier molecular flexibility index (Phi) is 3.14. The Bertz CT molecular complexity index is 419. The molecule has 0 radical (unpaired) electrons. The zero-order valence-corrected chi connectivity index (χ0v) is 10.9. The van der Waals surface area contributed by atoms with Gasteiger partial charge in [0.1, 0.15) is 10.6 Å². The summed E-state index contributed by atoms with van der Waals surface area (Å²) in [5.41, 5.74) is -0.651. The topological polar surface area (TPSA) is 58.5 Å². The van der Waals surface area contributed by atoms with Crippen molar-refractivity contribution in [3.8, 4) is 6.01 Å². The van der Waals surface area contributed by atoms with Crippen molar-refractivity contribution in [2.45, 2.75) is 19.4 Å². The van der Waals surface area contributed by atoms with Crippen molar-refractivity contribution in [1.29, 1.82) is 0 Å². The lowest BCUT2D eigenvalue weighted by molar-refractivity contribution is -0.0304. The zero-order valence-electron chi connectivity index (χ0n) is 10.1. The molecule has 0 bridgehead atoms. The second-order valence-electron chi connectivity index (χ2n) is 4.64. The van der Waals surface area contributed by atoms with Crippen LogP contribution in [0.15, 0.2) is 6.20 Å². The van der Waals surface area contributed by atoms with Crippen LogP contribution in [-0.2, 0) is 0 Å². The van der Waals surface area contributed by atoms with E-state index in [0.717, 1.165) is 0 Å². The van der Waals surface area contributed by atoms with Crippen LogP contribution < -0.4 is 9.64 Å². The van der Waals surface area contributed by atoms with E-state index in [-0.39, 0.29) is 11.9 Å². The van der Waals surface area contributed by atoms with E-state index in [0.29, 0.717) is 23.9 Å². The largest absolute Gasteiger partial charge is 0.467 e. The number of hydrogen-bond acceptors (Lipinski definition) is 5. The van der Waals surface area contributed by atoms with Crippen LogP contribution in [0.1, 0.15) is 13.8 Å². The molecule has 1 aliphatic rings. The number of halogens is 1. The average molecular weight is 258 g/mol. The molecule has 0 atom stereocenters. The molecule has 0 unspecified atom stereocenters. The number of rotatable bonds is 3. The van der Waals surface area contributed by atoms with Crippen LogP contribution in [-0.4, -0.2) is 40.9 Å². The lowest BCUT2D eigenvalue weighted by Gasteiger charge is -2.49. The number of methoxy groups -OCH3 is 1. The molecule has 17 heavy (non-hydrogen) atoms. The first-order chi connectivity index (χ1) is 7.96. The van der Waals surface area contributed by atoms with Crippen LogP contribution in [0.3, 0.4) is 0 Å². The molecule has 1 saturated heterocycles. The minimum Gasteiger partial charge on any atom is -0.467 e. The van der Waals surface area contributed by atoms with E-state index in [1.54, 1.807) is 0 Å². The summed E-state index contributed by atoms with van der Waals surface area (Å²) in [6.45, 7) is 5.06. The number of aliphatic hydroxyl groups is 1. The van der Waals surface area contributed by atoms with Crippen molar-refractivity contribution in [3.63, 3.8) is 0 Å². The molecule has 5 nitrogen and oxygen atoms in total. The van der Waals surface area contributed by atoms with Gasteiger partial charge in [-0.1, -0.05) is 25.4 Å². The van der Waals surface area contributed by atoms with Gasteiger partial charge in [0.05, 0.1) is 26.4 Å². The van der Waals surface area contributed by atoms with Crippen molar-refractivity contribution in [2.24, 2.45) is 5.92 Å². The van der Waals surface area contributed by atoms with E-state index >= 15 is 0 Å². The predicted molar refractivity (Wildman–Crippen MR) is 65.6 cm³/mol. The monoisotopic (exact) mass is 257 g/mol. The maximum Gasteiger partial charge on any atom is 0.318 e. The maximum absolute atomic E-state index is 10.2. The average Bonchev–Trinajstić information content (AvgIpc) is 2.25. The summed E-state index contributed by atoms with van der Waals surface area (Å²) >= 11 is 6.03. The van der Waals surface area contributed by atoms with Gasteiger partial charge in [0.15, 0.2) is 5.82 Å². The van der Waals surface area contributed by atoms with Crippen LogP contribution in [0.2, 0.25) is 5.02 Å². The molecule has 2 heterocycles. The van der Waals surface area contributed by atoms with Crippen molar-refractivity contribution in [1.82, 2.24) is 9.97 Å². The number of ether oxygens (including phenoxy) is 1. The maximum atomic E-state index is 10.2. The van der Waals surface area contributed by atoms with Crippen LogP contribution in [0.25, 0.3) is 0 Å². The molecule has 6 heteroatoms. The predicted octanol–water partition coefficient (Wildman–Crippen LogP) is 1.35. The normalized spacial score (nSPS) is 18.1. The SMILES string of the molecule is COc1ncc(Cl)c(N2CC(O)(C(C)C)C2)n1. The Morgan fingerprint density at radius 2 is 2.18 bits per heavy atom. The highest BCUT2D eigenvalue weighted by molar-refractivity contribution is 6.32. The molecule has 1 N–H and O–H groups in total. The van der Waals surface area contributed by atoms with Gasteiger partial charge in [-0.25, -0.2) is 4.98 Å². The Morgan fingerprint density at radius 1 is 1.53 bits per heavy atom. The second kappa shape index (κ2) is 4.31. The first-order valence-corrected chi connectivity index (χ1v) is 5.88. The van der Waals surface area contributed by atoms with E-state index in [4.69, 9.17) is 16.3 Å². The Labute approximate surface area is 105 Å².